The zero-order valence-corrected chi connectivity index (χ0v) is 8.90. The maximum atomic E-state index is 12.3. The van der Waals surface area contributed by atoms with Crippen molar-refractivity contribution in [3.63, 3.8) is 0 Å². The van der Waals surface area contributed by atoms with Gasteiger partial charge in [0.05, 0.1) is 5.69 Å². The summed E-state index contributed by atoms with van der Waals surface area (Å²) in [6.45, 7) is 3.29. The van der Waals surface area contributed by atoms with Gasteiger partial charge in [0.25, 0.3) is 0 Å². The van der Waals surface area contributed by atoms with Crippen molar-refractivity contribution < 1.29 is 17.6 Å². The summed E-state index contributed by atoms with van der Waals surface area (Å²) in [7, 11) is 0. The van der Waals surface area contributed by atoms with Crippen LogP contribution in [0.4, 0.5) is 13.2 Å². The van der Waals surface area contributed by atoms with E-state index in [4.69, 9.17) is 0 Å². The van der Waals surface area contributed by atoms with Gasteiger partial charge in [0.1, 0.15) is 5.76 Å². The Kier molecular flexibility index (Phi) is 2.92. The second-order valence-electron chi connectivity index (χ2n) is 4.08. The van der Waals surface area contributed by atoms with Crippen LogP contribution >= 0.6 is 0 Å². The van der Waals surface area contributed by atoms with Gasteiger partial charge in [0.2, 0.25) is 0 Å². The summed E-state index contributed by atoms with van der Waals surface area (Å²) in [6.07, 6.45) is -2.96. The molecule has 2 heterocycles. The van der Waals surface area contributed by atoms with E-state index in [1.165, 1.54) is 6.92 Å². The van der Waals surface area contributed by atoms with Crippen molar-refractivity contribution in [3.8, 4) is 0 Å². The minimum absolute atomic E-state index is 0.277. The normalized spacial score (nSPS) is 21.6. The summed E-state index contributed by atoms with van der Waals surface area (Å²) in [4.78, 5) is 3.53. The molecule has 0 aromatic carbocycles. The molecule has 1 N–H and O–H groups in total. The van der Waals surface area contributed by atoms with Crippen LogP contribution in [0.2, 0.25) is 0 Å². The zero-order chi connectivity index (χ0) is 11.8. The molecular weight excluding hydrogens is 221 g/mol. The fourth-order valence-electron chi connectivity index (χ4n) is 1.90. The van der Waals surface area contributed by atoms with Gasteiger partial charge in [0, 0.05) is 0 Å². The third-order valence-electron chi connectivity index (χ3n) is 2.78. The highest BCUT2D eigenvalue weighted by molar-refractivity contribution is 5.11. The number of nitrogens with one attached hydrogen (secondary N) is 1. The second-order valence-corrected chi connectivity index (χ2v) is 4.08. The molecule has 1 aromatic heterocycles. The lowest BCUT2D eigenvalue weighted by molar-refractivity contribution is -0.157. The van der Waals surface area contributed by atoms with Crippen molar-refractivity contribution in [1.82, 2.24) is 10.3 Å². The third-order valence-corrected chi connectivity index (χ3v) is 2.78. The van der Waals surface area contributed by atoms with Crippen LogP contribution < -0.4 is 5.32 Å². The molecule has 0 amide bonds. The molecule has 0 spiro atoms. The molecule has 1 aromatic rings. The van der Waals surface area contributed by atoms with E-state index in [-0.39, 0.29) is 5.76 Å². The first kappa shape index (κ1) is 11.4. The largest absolute Gasteiger partial charge is 0.468 e. The van der Waals surface area contributed by atoms with Crippen LogP contribution in [0.3, 0.4) is 0 Å². The molecule has 0 bridgehead atoms. The van der Waals surface area contributed by atoms with Crippen molar-refractivity contribution >= 4 is 0 Å². The van der Waals surface area contributed by atoms with Crippen molar-refractivity contribution in [2.24, 2.45) is 5.92 Å². The van der Waals surface area contributed by atoms with E-state index in [1.54, 1.807) is 0 Å². The van der Waals surface area contributed by atoms with Crippen LogP contribution in [0.5, 0.6) is 0 Å². The number of oxazole rings is 1. The van der Waals surface area contributed by atoms with E-state index in [9.17, 15) is 13.2 Å². The molecule has 1 fully saturated rings. The van der Waals surface area contributed by atoms with E-state index >= 15 is 0 Å². The van der Waals surface area contributed by atoms with E-state index < -0.39 is 12.1 Å². The monoisotopic (exact) mass is 234 g/mol. The quantitative estimate of drug-likeness (QED) is 0.852. The van der Waals surface area contributed by atoms with Crippen LogP contribution in [-0.4, -0.2) is 18.1 Å². The van der Waals surface area contributed by atoms with Crippen molar-refractivity contribution in [2.75, 3.05) is 13.1 Å². The van der Waals surface area contributed by atoms with E-state index in [2.05, 4.69) is 14.7 Å². The molecule has 0 radical (unpaired) electrons. The Bertz CT molecular complexity index is 367. The van der Waals surface area contributed by atoms with Gasteiger partial charge in [0.15, 0.2) is 0 Å². The summed E-state index contributed by atoms with van der Waals surface area (Å²) in [5, 5.41) is 3.17. The fraction of sp³-hybridized carbons (Fsp3) is 0.700. The standard InChI is InChI=1S/C10H13F3N2O/c1-6-8(4-7-2-3-14-5-7)15-9(16-6)10(11,12)13/h7,14H,2-5H2,1H3. The van der Waals surface area contributed by atoms with E-state index in [0.29, 0.717) is 18.0 Å². The van der Waals surface area contributed by atoms with Gasteiger partial charge in [-0.05, 0) is 38.8 Å². The summed E-state index contributed by atoms with van der Waals surface area (Å²) >= 11 is 0. The van der Waals surface area contributed by atoms with Crippen LogP contribution in [0, 0.1) is 12.8 Å². The fourth-order valence-corrected chi connectivity index (χ4v) is 1.90. The molecule has 0 aliphatic carbocycles. The third kappa shape index (κ3) is 2.37. The first-order chi connectivity index (χ1) is 7.47. The first-order valence-corrected chi connectivity index (χ1v) is 5.21. The Balaban J connectivity index is 2.12. The minimum atomic E-state index is -4.49. The Morgan fingerprint density at radius 3 is 2.75 bits per heavy atom. The SMILES string of the molecule is Cc1oc(C(F)(F)F)nc1CC1CCNC1. The van der Waals surface area contributed by atoms with Gasteiger partial charge in [-0.2, -0.15) is 13.2 Å². The Hall–Kier alpha value is -1.04. The number of aromatic nitrogens is 1. The molecule has 1 saturated heterocycles. The smallest absolute Gasteiger partial charge is 0.438 e. The number of aryl methyl sites for hydroxylation is 1. The number of halogens is 3. The number of hydrogen-bond acceptors (Lipinski definition) is 3. The second kappa shape index (κ2) is 4.08. The van der Waals surface area contributed by atoms with Crippen LogP contribution in [0.1, 0.15) is 23.8 Å². The minimum Gasteiger partial charge on any atom is -0.438 e. The summed E-state index contributed by atoms with van der Waals surface area (Å²) in [6, 6.07) is 0. The molecule has 90 valence electrons. The first-order valence-electron chi connectivity index (χ1n) is 5.21. The van der Waals surface area contributed by atoms with Gasteiger partial charge in [-0.15, -0.1) is 0 Å². The van der Waals surface area contributed by atoms with Gasteiger partial charge in [-0.3, -0.25) is 0 Å². The predicted molar refractivity (Wildman–Crippen MR) is 50.9 cm³/mol. The summed E-state index contributed by atoms with van der Waals surface area (Å²) < 4.78 is 41.6. The molecule has 3 nitrogen and oxygen atoms in total. The Labute approximate surface area is 91.0 Å². The number of rotatable bonds is 2. The zero-order valence-electron chi connectivity index (χ0n) is 8.90. The van der Waals surface area contributed by atoms with Crippen LogP contribution in [0.15, 0.2) is 4.42 Å². The van der Waals surface area contributed by atoms with E-state index in [0.717, 1.165) is 19.5 Å². The van der Waals surface area contributed by atoms with Crippen molar-refractivity contribution in [2.45, 2.75) is 25.9 Å². The van der Waals surface area contributed by atoms with Crippen molar-refractivity contribution in [3.05, 3.63) is 17.3 Å². The Morgan fingerprint density at radius 1 is 1.50 bits per heavy atom. The molecule has 6 heteroatoms. The lowest BCUT2D eigenvalue weighted by Gasteiger charge is -2.04. The lowest BCUT2D eigenvalue weighted by Crippen LogP contribution is -2.11. The molecule has 1 unspecified atom stereocenters. The molecule has 1 atom stereocenters. The molecule has 1 aliphatic heterocycles. The number of hydrogen-bond donors (Lipinski definition) is 1. The highest BCUT2D eigenvalue weighted by atomic mass is 19.4. The maximum Gasteiger partial charge on any atom is 0.468 e. The number of alkyl halides is 3. The molecule has 16 heavy (non-hydrogen) atoms. The van der Waals surface area contributed by atoms with Gasteiger partial charge < -0.3 is 9.73 Å². The van der Waals surface area contributed by atoms with Gasteiger partial charge in [-0.25, -0.2) is 4.98 Å². The maximum absolute atomic E-state index is 12.3. The number of nitrogens with zero attached hydrogens (tertiary/aromatic N) is 1. The van der Waals surface area contributed by atoms with Crippen molar-refractivity contribution in [1.29, 1.82) is 0 Å². The average Bonchev–Trinajstić information content (AvgIpc) is 2.76. The molecule has 0 saturated carbocycles. The van der Waals surface area contributed by atoms with Crippen LogP contribution in [0.25, 0.3) is 0 Å². The van der Waals surface area contributed by atoms with Gasteiger partial charge >= 0.3 is 12.1 Å². The van der Waals surface area contributed by atoms with Gasteiger partial charge in [-0.1, -0.05) is 0 Å². The van der Waals surface area contributed by atoms with E-state index in [1.807, 2.05) is 0 Å². The lowest BCUT2D eigenvalue weighted by atomic mass is 10.0. The topological polar surface area (TPSA) is 38.1 Å². The molecule has 2 rings (SSSR count). The molecule has 1 aliphatic rings. The predicted octanol–water partition coefficient (Wildman–Crippen LogP) is 2.15. The summed E-state index contributed by atoms with van der Waals surface area (Å²) in [5.41, 5.74) is 0.432. The average molecular weight is 234 g/mol. The molecular formula is C10H13F3N2O. The highest BCUT2D eigenvalue weighted by Crippen LogP contribution is 2.30. The van der Waals surface area contributed by atoms with Crippen LogP contribution in [-0.2, 0) is 12.6 Å². The highest BCUT2D eigenvalue weighted by Gasteiger charge is 2.38. The summed E-state index contributed by atoms with van der Waals surface area (Å²) in [5.74, 6) is -0.491. The Morgan fingerprint density at radius 2 is 2.25 bits per heavy atom.